The van der Waals surface area contributed by atoms with E-state index in [1.807, 2.05) is 25.1 Å². The minimum atomic E-state index is -1.98. The van der Waals surface area contributed by atoms with Crippen LogP contribution in [-0.2, 0) is 30.4 Å². The Labute approximate surface area is 215 Å². The van der Waals surface area contributed by atoms with Crippen LogP contribution in [0.25, 0.3) is 20.4 Å². The summed E-state index contributed by atoms with van der Waals surface area (Å²) >= 11 is 3.23. The number of hydrogen-bond donors (Lipinski definition) is 0. The van der Waals surface area contributed by atoms with Crippen molar-refractivity contribution in [3.63, 3.8) is 0 Å². The summed E-state index contributed by atoms with van der Waals surface area (Å²) < 4.78 is 10.6. The van der Waals surface area contributed by atoms with Crippen LogP contribution in [0.15, 0.2) is 33.9 Å². The smallest absolute Gasteiger partial charge is 0.332 e. The van der Waals surface area contributed by atoms with Crippen LogP contribution in [0, 0.1) is 6.92 Å². The molecule has 3 aromatic heterocycles. The van der Waals surface area contributed by atoms with Crippen molar-refractivity contribution in [2.75, 3.05) is 6.61 Å². The van der Waals surface area contributed by atoms with Gasteiger partial charge in [0.25, 0.3) is 5.56 Å². The normalized spacial score (nSPS) is 12.8. The number of thiazole rings is 1. The highest BCUT2D eigenvalue weighted by Crippen LogP contribution is 2.36. The van der Waals surface area contributed by atoms with Crippen LogP contribution < -0.4 is 11.2 Å². The summed E-state index contributed by atoms with van der Waals surface area (Å²) in [7, 11) is -1.98. The molecular weight excluding hydrogens is 495 g/mol. The third-order valence-corrected chi connectivity index (χ3v) is 14.3. The summed E-state index contributed by atoms with van der Waals surface area (Å²) in [6, 6.07) is 8.08. The minimum Gasteiger partial charge on any atom is -0.415 e. The number of para-hydroxylation sites is 1. The number of benzene rings is 1. The van der Waals surface area contributed by atoms with E-state index in [4.69, 9.17) is 9.41 Å². The fourth-order valence-electron chi connectivity index (χ4n) is 4.02. The van der Waals surface area contributed by atoms with Crippen LogP contribution in [0.1, 0.15) is 43.1 Å². The molecule has 3 heterocycles. The molecule has 0 aliphatic rings. The van der Waals surface area contributed by atoms with Gasteiger partial charge in [0.15, 0.2) is 8.32 Å². The first-order valence-electron chi connectivity index (χ1n) is 12.2. The van der Waals surface area contributed by atoms with Crippen molar-refractivity contribution in [1.29, 1.82) is 0 Å². The molecule has 0 fully saturated rings. The van der Waals surface area contributed by atoms with Crippen LogP contribution in [-0.4, -0.2) is 29.0 Å². The van der Waals surface area contributed by atoms with Crippen molar-refractivity contribution in [1.82, 2.24) is 14.1 Å². The second-order valence-electron chi connectivity index (χ2n) is 10.5. The SMILES string of the molecule is CCc1sc2c(c1C)c(=O)n(CCO[Si](C)(C)C(C)(C)C)c(=O)n2CCc1nc2ccccc2s1. The number of rotatable bonds is 8. The van der Waals surface area contributed by atoms with Crippen molar-refractivity contribution >= 4 is 51.4 Å². The highest BCUT2D eigenvalue weighted by atomic mass is 32.1. The number of fused-ring (bicyclic) bond motifs is 2. The molecule has 0 amide bonds. The molecule has 0 saturated heterocycles. The maximum absolute atomic E-state index is 13.6. The molecule has 4 aromatic rings. The maximum atomic E-state index is 13.6. The monoisotopic (exact) mass is 529 g/mol. The van der Waals surface area contributed by atoms with E-state index < -0.39 is 8.32 Å². The van der Waals surface area contributed by atoms with Crippen LogP contribution in [0.2, 0.25) is 18.1 Å². The summed E-state index contributed by atoms with van der Waals surface area (Å²) in [5, 5.41) is 1.73. The Morgan fingerprint density at radius 2 is 1.77 bits per heavy atom. The highest BCUT2D eigenvalue weighted by Gasteiger charge is 2.37. The third-order valence-electron chi connectivity index (χ3n) is 7.19. The second-order valence-corrected chi connectivity index (χ2v) is 17.5. The Bertz CT molecular complexity index is 1460. The first-order chi connectivity index (χ1) is 16.4. The summed E-state index contributed by atoms with van der Waals surface area (Å²) in [4.78, 5) is 33.8. The zero-order valence-electron chi connectivity index (χ0n) is 21.7. The van der Waals surface area contributed by atoms with Gasteiger partial charge in [0, 0.05) is 17.8 Å². The summed E-state index contributed by atoms with van der Waals surface area (Å²) in [6.45, 7) is 16.1. The number of aryl methyl sites for hydroxylation is 4. The van der Waals surface area contributed by atoms with Crippen molar-refractivity contribution in [3.05, 3.63) is 60.6 Å². The fraction of sp³-hybridized carbons (Fsp3) is 0.500. The lowest BCUT2D eigenvalue weighted by molar-refractivity contribution is 0.267. The van der Waals surface area contributed by atoms with E-state index in [0.717, 1.165) is 36.9 Å². The summed E-state index contributed by atoms with van der Waals surface area (Å²) in [6.07, 6.45) is 1.48. The molecular formula is C26H35N3O3S2Si. The molecule has 1 aromatic carbocycles. The first kappa shape index (κ1) is 26.0. The highest BCUT2D eigenvalue weighted by molar-refractivity contribution is 7.19. The molecule has 9 heteroatoms. The van der Waals surface area contributed by atoms with Gasteiger partial charge in [0.1, 0.15) is 4.83 Å². The molecule has 6 nitrogen and oxygen atoms in total. The number of hydrogen-bond acceptors (Lipinski definition) is 6. The quantitative estimate of drug-likeness (QED) is 0.264. The second kappa shape index (κ2) is 9.76. The van der Waals surface area contributed by atoms with E-state index in [1.54, 1.807) is 27.2 Å². The van der Waals surface area contributed by atoms with E-state index in [1.165, 1.54) is 4.57 Å². The molecule has 0 spiro atoms. The summed E-state index contributed by atoms with van der Waals surface area (Å²) in [5.74, 6) is 0. The van der Waals surface area contributed by atoms with Crippen molar-refractivity contribution < 1.29 is 4.43 Å². The molecule has 0 aliphatic heterocycles. The predicted molar refractivity (Wildman–Crippen MR) is 151 cm³/mol. The zero-order valence-corrected chi connectivity index (χ0v) is 24.4. The minimum absolute atomic E-state index is 0.0688. The molecule has 0 N–H and O–H groups in total. The Morgan fingerprint density at radius 3 is 2.43 bits per heavy atom. The van der Waals surface area contributed by atoms with Crippen LogP contribution >= 0.6 is 22.7 Å². The van der Waals surface area contributed by atoms with Gasteiger partial charge in [0.2, 0.25) is 0 Å². The Kier molecular flexibility index (Phi) is 7.25. The van der Waals surface area contributed by atoms with Gasteiger partial charge in [-0.3, -0.25) is 13.9 Å². The topological polar surface area (TPSA) is 66.1 Å². The maximum Gasteiger partial charge on any atom is 0.332 e. The van der Waals surface area contributed by atoms with Crippen LogP contribution in [0.5, 0.6) is 0 Å². The predicted octanol–water partition coefficient (Wildman–Crippen LogP) is 5.97. The number of nitrogens with zero attached hydrogens (tertiary/aromatic N) is 3. The summed E-state index contributed by atoms with van der Waals surface area (Å²) in [5.41, 5.74) is 1.52. The van der Waals surface area contributed by atoms with Crippen LogP contribution in [0.3, 0.4) is 0 Å². The van der Waals surface area contributed by atoms with E-state index in [-0.39, 0.29) is 22.8 Å². The van der Waals surface area contributed by atoms with E-state index in [2.05, 4.69) is 46.9 Å². The average molecular weight is 530 g/mol. The van der Waals surface area contributed by atoms with Gasteiger partial charge < -0.3 is 4.43 Å². The van der Waals surface area contributed by atoms with Gasteiger partial charge in [-0.05, 0) is 49.2 Å². The Balaban J connectivity index is 1.71. The molecule has 0 unspecified atom stereocenters. The first-order valence-corrected chi connectivity index (χ1v) is 16.7. The molecule has 4 rings (SSSR count). The fourth-order valence-corrected chi connectivity index (χ4v) is 7.26. The standard InChI is InChI=1S/C26H35N3O3S2Si/c1-8-19-17(2)22-23(30)28(15-16-32-35(6,7)26(3,4)5)25(31)29(24(22)34-19)14-13-21-27-18-11-9-10-12-20(18)33-21/h9-12H,8,13-16H2,1-7H3. The molecule has 0 atom stereocenters. The molecule has 0 bridgehead atoms. The van der Waals surface area contributed by atoms with Gasteiger partial charge in [-0.15, -0.1) is 22.7 Å². The number of thiophene rings is 1. The van der Waals surface area contributed by atoms with Gasteiger partial charge in [-0.25, -0.2) is 9.78 Å². The van der Waals surface area contributed by atoms with Gasteiger partial charge in [-0.2, -0.15) is 0 Å². The van der Waals surface area contributed by atoms with Gasteiger partial charge >= 0.3 is 5.69 Å². The zero-order chi connectivity index (χ0) is 25.5. The largest absolute Gasteiger partial charge is 0.415 e. The van der Waals surface area contributed by atoms with E-state index in [0.29, 0.717) is 25.0 Å². The lowest BCUT2D eigenvalue weighted by Gasteiger charge is -2.36. The lowest BCUT2D eigenvalue weighted by atomic mass is 10.2. The Hall–Kier alpha value is -2.07. The molecule has 0 aliphatic carbocycles. The van der Waals surface area contributed by atoms with E-state index in [9.17, 15) is 9.59 Å². The lowest BCUT2D eigenvalue weighted by Crippen LogP contribution is -2.44. The Morgan fingerprint density at radius 1 is 1.06 bits per heavy atom. The van der Waals surface area contributed by atoms with Crippen molar-refractivity contribution in [2.24, 2.45) is 0 Å². The van der Waals surface area contributed by atoms with Crippen molar-refractivity contribution in [3.8, 4) is 0 Å². The molecule has 35 heavy (non-hydrogen) atoms. The third kappa shape index (κ3) is 4.96. The molecule has 0 radical (unpaired) electrons. The van der Waals surface area contributed by atoms with Crippen molar-refractivity contribution in [2.45, 2.75) is 78.7 Å². The van der Waals surface area contributed by atoms with Gasteiger partial charge in [-0.1, -0.05) is 39.8 Å². The van der Waals surface area contributed by atoms with Crippen LogP contribution in [0.4, 0.5) is 0 Å². The molecule has 188 valence electrons. The van der Waals surface area contributed by atoms with Gasteiger partial charge in [0.05, 0.1) is 33.8 Å². The molecule has 0 saturated carbocycles. The number of aromatic nitrogens is 3. The average Bonchev–Trinajstić information content (AvgIpc) is 3.35. The van der Waals surface area contributed by atoms with E-state index >= 15 is 0 Å².